The number of nitrogens with zero attached hydrogens (tertiary/aromatic N) is 2. The first kappa shape index (κ1) is 26.0. The Morgan fingerprint density at radius 1 is 1.24 bits per heavy atom. The third kappa shape index (κ3) is 9.09. The monoisotopic (exact) mass is 518 g/mol. The van der Waals surface area contributed by atoms with Gasteiger partial charge >= 0.3 is 0 Å². The zero-order valence-corrected chi connectivity index (χ0v) is 20.8. The van der Waals surface area contributed by atoms with Gasteiger partial charge in [-0.15, -0.1) is 24.0 Å². The number of guanidine groups is 1. The maximum atomic E-state index is 5.98. The number of benzene rings is 1. The number of aryl methyl sites for hydroxylation is 1. The number of likely N-dealkylation sites (tertiary alicyclic amines) is 1. The number of hydrogen-bond donors (Lipinski definition) is 2. The largest absolute Gasteiger partial charge is 0.493 e. The summed E-state index contributed by atoms with van der Waals surface area (Å²) < 4.78 is 11.1. The lowest BCUT2D eigenvalue weighted by molar-refractivity contribution is 0.157. The molecule has 0 spiro atoms. The van der Waals surface area contributed by atoms with E-state index < -0.39 is 0 Å². The minimum absolute atomic E-state index is 0. The highest BCUT2D eigenvalue weighted by atomic mass is 127. The molecule has 29 heavy (non-hydrogen) atoms. The second kappa shape index (κ2) is 14.8. The number of ether oxygens (including phenoxy) is 2. The van der Waals surface area contributed by atoms with E-state index in [0.717, 1.165) is 36.8 Å². The first-order valence-electron chi connectivity index (χ1n) is 10.6. The molecule has 1 aliphatic heterocycles. The van der Waals surface area contributed by atoms with Crippen LogP contribution in [0.1, 0.15) is 43.7 Å². The van der Waals surface area contributed by atoms with Gasteiger partial charge in [0.1, 0.15) is 5.75 Å². The van der Waals surface area contributed by atoms with Crippen molar-refractivity contribution in [2.24, 2.45) is 4.99 Å². The van der Waals surface area contributed by atoms with E-state index in [-0.39, 0.29) is 24.0 Å². The standard InChI is InChI=1S/C22H38N4O2.HI/c1-5-26-12-7-6-9-20(26)17-25-22(23-3)24-16-19-11-10-18(2)15-21(19)28-14-8-13-27-4;/h10-11,15,20H,5-9,12-14,16-17H2,1-4H3,(H2,23,24,25);1H. The Morgan fingerprint density at radius 2 is 2.07 bits per heavy atom. The van der Waals surface area contributed by atoms with Crippen molar-refractivity contribution in [1.29, 1.82) is 0 Å². The highest BCUT2D eigenvalue weighted by molar-refractivity contribution is 14.0. The Kier molecular flexibility index (Phi) is 13.3. The first-order chi connectivity index (χ1) is 13.7. The summed E-state index contributed by atoms with van der Waals surface area (Å²) in [4.78, 5) is 6.96. The minimum atomic E-state index is 0. The molecule has 0 aliphatic carbocycles. The number of piperidine rings is 1. The van der Waals surface area contributed by atoms with Crippen molar-refractivity contribution < 1.29 is 9.47 Å². The van der Waals surface area contributed by atoms with E-state index in [1.165, 1.54) is 31.4 Å². The van der Waals surface area contributed by atoms with Gasteiger partial charge in [0.05, 0.1) is 6.61 Å². The average Bonchev–Trinajstić information content (AvgIpc) is 2.72. The molecule has 2 rings (SSSR count). The van der Waals surface area contributed by atoms with Gasteiger partial charge < -0.3 is 20.1 Å². The molecule has 1 fully saturated rings. The molecule has 0 radical (unpaired) electrons. The van der Waals surface area contributed by atoms with Gasteiger partial charge in [-0.3, -0.25) is 9.89 Å². The maximum absolute atomic E-state index is 5.98. The zero-order valence-electron chi connectivity index (χ0n) is 18.5. The third-order valence-corrected chi connectivity index (χ3v) is 5.30. The molecule has 1 aromatic rings. The van der Waals surface area contributed by atoms with Crippen LogP contribution >= 0.6 is 24.0 Å². The molecule has 1 aliphatic rings. The van der Waals surface area contributed by atoms with E-state index in [2.05, 4.69) is 52.6 Å². The van der Waals surface area contributed by atoms with Crippen molar-refractivity contribution in [2.45, 2.75) is 52.1 Å². The van der Waals surface area contributed by atoms with Crippen molar-refractivity contribution in [1.82, 2.24) is 15.5 Å². The Morgan fingerprint density at radius 3 is 2.79 bits per heavy atom. The Balaban J connectivity index is 0.00000420. The number of methoxy groups -OCH3 is 1. The fourth-order valence-electron chi connectivity index (χ4n) is 3.65. The van der Waals surface area contributed by atoms with Crippen LogP contribution in [0, 0.1) is 6.92 Å². The molecule has 0 bridgehead atoms. The lowest BCUT2D eigenvalue weighted by atomic mass is 10.0. The van der Waals surface area contributed by atoms with E-state index in [1.54, 1.807) is 7.11 Å². The normalized spacial score (nSPS) is 17.5. The molecule has 0 amide bonds. The fourth-order valence-corrected chi connectivity index (χ4v) is 3.65. The topological polar surface area (TPSA) is 58.1 Å². The number of hydrogen-bond acceptors (Lipinski definition) is 4. The number of likely N-dealkylation sites (N-methyl/N-ethyl adjacent to an activating group) is 1. The van der Waals surface area contributed by atoms with Crippen LogP contribution in [0.3, 0.4) is 0 Å². The van der Waals surface area contributed by atoms with E-state index in [4.69, 9.17) is 9.47 Å². The molecule has 2 N–H and O–H groups in total. The maximum Gasteiger partial charge on any atom is 0.191 e. The van der Waals surface area contributed by atoms with Crippen LogP contribution < -0.4 is 15.4 Å². The van der Waals surface area contributed by atoms with Crippen LogP contribution in [-0.2, 0) is 11.3 Å². The fraction of sp³-hybridized carbons (Fsp3) is 0.682. The number of aliphatic imine (C=N–C) groups is 1. The Hall–Kier alpha value is -1.06. The van der Waals surface area contributed by atoms with Crippen molar-refractivity contribution in [3.8, 4) is 5.75 Å². The predicted octanol–water partition coefficient (Wildman–Crippen LogP) is 3.57. The summed E-state index contributed by atoms with van der Waals surface area (Å²) in [5, 5.41) is 6.94. The smallest absolute Gasteiger partial charge is 0.191 e. The van der Waals surface area contributed by atoms with Crippen LogP contribution in [0.4, 0.5) is 0 Å². The van der Waals surface area contributed by atoms with Crippen molar-refractivity contribution >= 4 is 29.9 Å². The number of halogens is 1. The van der Waals surface area contributed by atoms with Gasteiger partial charge in [-0.25, -0.2) is 0 Å². The quantitative estimate of drug-likeness (QED) is 0.215. The molecule has 1 saturated heterocycles. The summed E-state index contributed by atoms with van der Waals surface area (Å²) in [5.41, 5.74) is 2.34. The molecular weight excluding hydrogens is 479 g/mol. The Bertz CT molecular complexity index is 612. The van der Waals surface area contributed by atoms with Crippen LogP contribution in [0.2, 0.25) is 0 Å². The van der Waals surface area contributed by atoms with Gasteiger partial charge in [0, 0.05) is 51.9 Å². The van der Waals surface area contributed by atoms with Crippen LogP contribution in [0.15, 0.2) is 23.2 Å². The summed E-state index contributed by atoms with van der Waals surface area (Å²) in [6.45, 7) is 9.65. The van der Waals surface area contributed by atoms with Gasteiger partial charge in [-0.2, -0.15) is 0 Å². The molecular formula is C22H39IN4O2. The molecule has 7 heteroatoms. The molecule has 1 aromatic carbocycles. The van der Waals surface area contributed by atoms with E-state index in [9.17, 15) is 0 Å². The van der Waals surface area contributed by atoms with Crippen LogP contribution in [0.5, 0.6) is 5.75 Å². The molecule has 1 unspecified atom stereocenters. The van der Waals surface area contributed by atoms with Crippen LogP contribution in [0.25, 0.3) is 0 Å². The predicted molar refractivity (Wildman–Crippen MR) is 132 cm³/mol. The molecule has 166 valence electrons. The molecule has 1 heterocycles. The van der Waals surface area contributed by atoms with Crippen molar-refractivity contribution in [2.75, 3.05) is 47.0 Å². The van der Waals surface area contributed by atoms with Gasteiger partial charge in [-0.05, 0) is 44.5 Å². The van der Waals surface area contributed by atoms with E-state index >= 15 is 0 Å². The van der Waals surface area contributed by atoms with Crippen molar-refractivity contribution in [3.63, 3.8) is 0 Å². The van der Waals surface area contributed by atoms with Gasteiger partial charge in [0.2, 0.25) is 0 Å². The van der Waals surface area contributed by atoms with E-state index in [0.29, 0.717) is 25.8 Å². The molecule has 0 aromatic heterocycles. The van der Waals surface area contributed by atoms with Gasteiger partial charge in [0.15, 0.2) is 5.96 Å². The highest BCUT2D eigenvalue weighted by Crippen LogP contribution is 2.20. The SMILES string of the molecule is CCN1CCCCC1CNC(=NC)NCc1ccc(C)cc1OCCCOC.I. The zero-order chi connectivity index (χ0) is 20.2. The summed E-state index contributed by atoms with van der Waals surface area (Å²) in [5.74, 6) is 1.77. The summed E-state index contributed by atoms with van der Waals surface area (Å²) in [6.07, 6.45) is 4.78. The lowest BCUT2D eigenvalue weighted by Gasteiger charge is -2.35. The Labute approximate surface area is 193 Å². The van der Waals surface area contributed by atoms with Crippen molar-refractivity contribution in [3.05, 3.63) is 29.3 Å². The number of rotatable bonds is 10. The average molecular weight is 518 g/mol. The first-order valence-corrected chi connectivity index (χ1v) is 10.6. The second-order valence-electron chi connectivity index (χ2n) is 7.39. The molecule has 6 nitrogen and oxygen atoms in total. The second-order valence-corrected chi connectivity index (χ2v) is 7.39. The lowest BCUT2D eigenvalue weighted by Crippen LogP contribution is -2.48. The van der Waals surface area contributed by atoms with Gasteiger partial charge in [-0.1, -0.05) is 25.5 Å². The third-order valence-electron chi connectivity index (χ3n) is 5.30. The molecule has 1 atom stereocenters. The summed E-state index contributed by atoms with van der Waals surface area (Å²) in [7, 11) is 3.54. The van der Waals surface area contributed by atoms with E-state index in [1.807, 2.05) is 7.05 Å². The highest BCUT2D eigenvalue weighted by Gasteiger charge is 2.20. The summed E-state index contributed by atoms with van der Waals surface area (Å²) in [6, 6.07) is 6.94. The minimum Gasteiger partial charge on any atom is -0.493 e. The van der Waals surface area contributed by atoms with Gasteiger partial charge in [0.25, 0.3) is 0 Å². The van der Waals surface area contributed by atoms with Crippen LogP contribution in [-0.4, -0.2) is 63.9 Å². The number of nitrogens with one attached hydrogen (secondary N) is 2. The molecule has 0 saturated carbocycles. The summed E-state index contributed by atoms with van der Waals surface area (Å²) >= 11 is 0.